The first-order valence-electron chi connectivity index (χ1n) is 10.3. The predicted molar refractivity (Wildman–Crippen MR) is 112 cm³/mol. The van der Waals surface area contributed by atoms with Crippen LogP contribution in [0.4, 0.5) is 0 Å². The Hall–Kier alpha value is -2.10. The quantitative estimate of drug-likeness (QED) is 0.410. The van der Waals surface area contributed by atoms with Gasteiger partial charge in [0.25, 0.3) is 0 Å². The number of rotatable bonds is 9. The molecule has 1 aromatic heterocycles. The topological polar surface area (TPSA) is 154 Å². The fraction of sp³-hybridized carbons (Fsp3) is 0.571. The smallest absolute Gasteiger partial charge is 0.186 e. The number of benzene rings is 1. The van der Waals surface area contributed by atoms with E-state index in [1.807, 2.05) is 0 Å². The third kappa shape index (κ3) is 5.44. The summed E-state index contributed by atoms with van der Waals surface area (Å²) in [6, 6.07) is 9.45. The first kappa shape index (κ1) is 24.5. The third-order valence-electron chi connectivity index (χ3n) is 5.70. The second-order valence-electron chi connectivity index (χ2n) is 7.98. The number of ether oxygens (including phenoxy) is 2. The molecule has 0 radical (unpaired) electrons. The summed E-state index contributed by atoms with van der Waals surface area (Å²) in [6.45, 7) is 1.48. The van der Waals surface area contributed by atoms with Crippen molar-refractivity contribution in [3.8, 4) is 6.07 Å². The summed E-state index contributed by atoms with van der Waals surface area (Å²) in [5.41, 5.74) is -0.189. The molecule has 1 aromatic carbocycles. The molecule has 7 atom stereocenters. The van der Waals surface area contributed by atoms with E-state index < -0.39 is 48.8 Å². The van der Waals surface area contributed by atoms with Gasteiger partial charge >= 0.3 is 0 Å². The summed E-state index contributed by atoms with van der Waals surface area (Å²) >= 11 is 6.02. The highest BCUT2D eigenvalue weighted by atomic mass is 35.5. The molecular formula is C21H27ClN4O6. The molecule has 1 aliphatic heterocycles. The largest absolute Gasteiger partial charge is 0.394 e. The SMILES string of the molecule is CC(CCC(C#N)(Cn1cncn1)c1ccc(Cl)cc1)O[C@@H]1O[C@H](CO)[C@@H](O)[C@H](O)[C@H]1O. The molecule has 0 bridgehead atoms. The van der Waals surface area contributed by atoms with Crippen molar-refractivity contribution < 1.29 is 29.9 Å². The average Bonchev–Trinajstić information content (AvgIpc) is 3.30. The Balaban J connectivity index is 1.72. The van der Waals surface area contributed by atoms with Gasteiger partial charge in [-0.05, 0) is 37.5 Å². The van der Waals surface area contributed by atoms with Crippen molar-refractivity contribution in [1.29, 1.82) is 5.26 Å². The summed E-state index contributed by atoms with van der Waals surface area (Å²) in [5, 5.41) is 54.2. The van der Waals surface area contributed by atoms with Crippen LogP contribution in [0.2, 0.25) is 5.02 Å². The van der Waals surface area contributed by atoms with Crippen LogP contribution in [0.25, 0.3) is 0 Å². The van der Waals surface area contributed by atoms with Gasteiger partial charge in [-0.1, -0.05) is 23.7 Å². The van der Waals surface area contributed by atoms with Gasteiger partial charge in [0.2, 0.25) is 0 Å². The van der Waals surface area contributed by atoms with Crippen molar-refractivity contribution in [2.24, 2.45) is 0 Å². The molecule has 4 N–H and O–H groups in total. The Kier molecular flexibility index (Phi) is 8.19. The summed E-state index contributed by atoms with van der Waals surface area (Å²) in [6.07, 6.45) is -3.50. The van der Waals surface area contributed by atoms with E-state index in [1.165, 1.54) is 12.7 Å². The van der Waals surface area contributed by atoms with Gasteiger partial charge in [0, 0.05) is 5.02 Å². The second-order valence-corrected chi connectivity index (χ2v) is 8.41. The molecule has 10 nitrogen and oxygen atoms in total. The van der Waals surface area contributed by atoms with Crippen molar-refractivity contribution in [3.63, 3.8) is 0 Å². The summed E-state index contributed by atoms with van der Waals surface area (Å²) in [4.78, 5) is 3.95. The summed E-state index contributed by atoms with van der Waals surface area (Å²) in [5.74, 6) is 0. The minimum absolute atomic E-state index is 0.262. The molecular weight excluding hydrogens is 440 g/mol. The van der Waals surface area contributed by atoms with Gasteiger partial charge in [-0.15, -0.1) is 0 Å². The normalized spacial score (nSPS) is 28.6. The molecule has 0 aliphatic carbocycles. The standard InChI is InChI=1S/C21H27ClN4O6/c1-13(31-20-19(30)18(29)17(28)16(8-27)32-20)6-7-21(9-23,10-26-12-24-11-25-26)14-2-4-15(22)5-3-14/h2-5,11-13,16-20,27-30H,6-8,10H2,1H3/t13?,16-,17-,18+,19-,20-,21?/m1/s1. The molecule has 1 saturated heterocycles. The molecule has 2 unspecified atom stereocenters. The lowest BCUT2D eigenvalue weighted by Gasteiger charge is -2.40. The Bertz CT molecular complexity index is 891. The van der Waals surface area contributed by atoms with Gasteiger partial charge in [-0.3, -0.25) is 4.68 Å². The van der Waals surface area contributed by atoms with Crippen LogP contribution in [0.15, 0.2) is 36.9 Å². The Morgan fingerprint density at radius 2 is 1.97 bits per heavy atom. The van der Waals surface area contributed by atoms with Crippen LogP contribution in [0.3, 0.4) is 0 Å². The molecule has 11 heteroatoms. The molecule has 0 saturated carbocycles. The van der Waals surface area contributed by atoms with Crippen molar-refractivity contribution in [3.05, 3.63) is 47.5 Å². The Labute approximate surface area is 190 Å². The highest BCUT2D eigenvalue weighted by Gasteiger charge is 2.44. The van der Waals surface area contributed by atoms with Crippen LogP contribution >= 0.6 is 11.6 Å². The van der Waals surface area contributed by atoms with Gasteiger partial charge in [0.15, 0.2) is 6.29 Å². The zero-order chi connectivity index (χ0) is 23.3. The number of hydrogen-bond donors (Lipinski definition) is 4. The fourth-order valence-corrected chi connectivity index (χ4v) is 3.88. The van der Waals surface area contributed by atoms with Gasteiger partial charge in [-0.25, -0.2) is 4.98 Å². The van der Waals surface area contributed by atoms with Gasteiger partial charge in [0.1, 0.15) is 42.5 Å². The summed E-state index contributed by atoms with van der Waals surface area (Å²) < 4.78 is 12.8. The molecule has 174 valence electrons. The van der Waals surface area contributed by atoms with Crippen molar-refractivity contribution >= 4 is 11.6 Å². The van der Waals surface area contributed by atoms with E-state index in [2.05, 4.69) is 16.2 Å². The van der Waals surface area contributed by atoms with Crippen molar-refractivity contribution in [1.82, 2.24) is 14.8 Å². The van der Waals surface area contributed by atoms with Crippen LogP contribution in [0.1, 0.15) is 25.3 Å². The number of halogens is 1. The first-order chi connectivity index (χ1) is 15.3. The van der Waals surface area contributed by atoms with Gasteiger partial charge < -0.3 is 29.9 Å². The van der Waals surface area contributed by atoms with Crippen LogP contribution in [0.5, 0.6) is 0 Å². The molecule has 2 aromatic rings. The molecule has 1 aliphatic rings. The maximum Gasteiger partial charge on any atom is 0.186 e. The monoisotopic (exact) mass is 466 g/mol. The van der Waals surface area contributed by atoms with E-state index in [0.29, 0.717) is 17.9 Å². The zero-order valence-corrected chi connectivity index (χ0v) is 18.3. The minimum Gasteiger partial charge on any atom is -0.394 e. The van der Waals surface area contributed by atoms with E-state index >= 15 is 0 Å². The van der Waals surface area contributed by atoms with E-state index in [9.17, 15) is 25.7 Å². The molecule has 32 heavy (non-hydrogen) atoms. The minimum atomic E-state index is -1.52. The van der Waals surface area contributed by atoms with Crippen molar-refractivity contribution in [2.75, 3.05) is 6.61 Å². The third-order valence-corrected chi connectivity index (χ3v) is 5.95. The molecule has 0 spiro atoms. The predicted octanol–water partition coefficient (Wildman–Crippen LogP) is 0.378. The van der Waals surface area contributed by atoms with Crippen LogP contribution < -0.4 is 0 Å². The van der Waals surface area contributed by atoms with Crippen LogP contribution in [-0.2, 0) is 21.4 Å². The van der Waals surface area contributed by atoms with E-state index in [4.69, 9.17) is 21.1 Å². The van der Waals surface area contributed by atoms with E-state index in [0.717, 1.165) is 5.56 Å². The lowest BCUT2D eigenvalue weighted by molar-refractivity contribution is -0.310. The first-order valence-corrected chi connectivity index (χ1v) is 10.6. The average molecular weight is 467 g/mol. The number of nitriles is 1. The lowest BCUT2D eigenvalue weighted by atomic mass is 9.77. The number of aliphatic hydroxyl groups is 4. The zero-order valence-electron chi connectivity index (χ0n) is 17.5. The van der Waals surface area contributed by atoms with E-state index in [1.54, 1.807) is 35.9 Å². The highest BCUT2D eigenvalue weighted by molar-refractivity contribution is 6.30. The number of nitrogens with zero attached hydrogens (tertiary/aromatic N) is 4. The molecule has 3 rings (SSSR count). The molecule has 0 amide bonds. The number of aliphatic hydroxyl groups excluding tert-OH is 4. The second kappa shape index (κ2) is 10.7. The Morgan fingerprint density at radius 3 is 2.56 bits per heavy atom. The maximum absolute atomic E-state index is 10.2. The van der Waals surface area contributed by atoms with Gasteiger partial charge in [-0.2, -0.15) is 10.4 Å². The number of hydrogen-bond acceptors (Lipinski definition) is 9. The van der Waals surface area contributed by atoms with Crippen molar-refractivity contribution in [2.45, 2.75) is 68.5 Å². The van der Waals surface area contributed by atoms with Gasteiger partial charge in [0.05, 0.1) is 25.3 Å². The highest BCUT2D eigenvalue weighted by Crippen LogP contribution is 2.33. The lowest BCUT2D eigenvalue weighted by Crippen LogP contribution is -2.59. The number of aromatic nitrogens is 3. The Morgan fingerprint density at radius 1 is 1.25 bits per heavy atom. The maximum atomic E-state index is 10.2. The van der Waals surface area contributed by atoms with Crippen LogP contribution in [-0.4, -0.2) is 78.6 Å². The fourth-order valence-electron chi connectivity index (χ4n) is 3.76. The molecule has 1 fully saturated rings. The molecule has 2 heterocycles. The van der Waals surface area contributed by atoms with Crippen LogP contribution in [0, 0.1) is 11.3 Å². The van der Waals surface area contributed by atoms with E-state index in [-0.39, 0.29) is 6.54 Å². The summed E-state index contributed by atoms with van der Waals surface area (Å²) in [7, 11) is 0.